The highest BCUT2D eigenvalue weighted by molar-refractivity contribution is 5.83. The van der Waals surface area contributed by atoms with Crippen molar-refractivity contribution >= 4 is 17.9 Å². The normalized spacial score (nSPS) is 9.79. The first-order valence-corrected chi connectivity index (χ1v) is 5.93. The molecule has 8 nitrogen and oxygen atoms in total. The standard InChI is InChI=1S/C11H21N3O5/c1-14(8-9(15)12-6-7-19-2)11(18)13-5-3-4-10(16)17/h3-8H2,1-2H3,(H,12,15)(H,13,18)(H,16,17). The molecule has 0 saturated heterocycles. The van der Waals surface area contributed by atoms with Crippen LogP contribution in [0, 0.1) is 0 Å². The van der Waals surface area contributed by atoms with Crippen LogP contribution in [-0.4, -0.2) is 68.3 Å². The van der Waals surface area contributed by atoms with Crippen molar-refractivity contribution in [2.24, 2.45) is 0 Å². The summed E-state index contributed by atoms with van der Waals surface area (Å²) in [6.07, 6.45) is 0.358. The predicted molar refractivity (Wildman–Crippen MR) is 67.8 cm³/mol. The molecule has 110 valence electrons. The Morgan fingerprint density at radius 3 is 2.47 bits per heavy atom. The molecule has 0 aliphatic rings. The van der Waals surface area contributed by atoms with E-state index in [9.17, 15) is 14.4 Å². The molecule has 0 aromatic heterocycles. The van der Waals surface area contributed by atoms with Crippen molar-refractivity contribution in [3.8, 4) is 0 Å². The van der Waals surface area contributed by atoms with Gasteiger partial charge in [-0.25, -0.2) is 4.79 Å². The third kappa shape index (κ3) is 9.83. The van der Waals surface area contributed by atoms with Crippen LogP contribution in [0.5, 0.6) is 0 Å². The van der Waals surface area contributed by atoms with Crippen molar-refractivity contribution in [3.63, 3.8) is 0 Å². The van der Waals surface area contributed by atoms with E-state index in [-0.39, 0.29) is 25.4 Å². The Labute approximate surface area is 112 Å². The van der Waals surface area contributed by atoms with Crippen molar-refractivity contribution in [2.75, 3.05) is 40.4 Å². The molecule has 8 heteroatoms. The van der Waals surface area contributed by atoms with Crippen LogP contribution in [0.3, 0.4) is 0 Å². The number of ether oxygens (including phenoxy) is 1. The first kappa shape index (κ1) is 17.2. The summed E-state index contributed by atoms with van der Waals surface area (Å²) >= 11 is 0. The lowest BCUT2D eigenvalue weighted by Gasteiger charge is -2.17. The van der Waals surface area contributed by atoms with Gasteiger partial charge in [0, 0.05) is 33.7 Å². The van der Waals surface area contributed by atoms with Gasteiger partial charge < -0.3 is 25.4 Å². The lowest BCUT2D eigenvalue weighted by atomic mass is 10.3. The van der Waals surface area contributed by atoms with Gasteiger partial charge in [0.2, 0.25) is 5.91 Å². The molecule has 0 saturated carbocycles. The van der Waals surface area contributed by atoms with E-state index in [0.29, 0.717) is 19.6 Å². The van der Waals surface area contributed by atoms with Crippen LogP contribution < -0.4 is 10.6 Å². The predicted octanol–water partition coefficient (Wildman–Crippen LogP) is -0.745. The van der Waals surface area contributed by atoms with Gasteiger partial charge in [0.05, 0.1) is 6.61 Å². The molecule has 0 rings (SSSR count). The largest absolute Gasteiger partial charge is 0.481 e. The molecule has 0 radical (unpaired) electrons. The Bertz CT molecular complexity index is 309. The Kier molecular flexibility index (Phi) is 9.15. The molecule has 0 atom stereocenters. The molecule has 0 unspecified atom stereocenters. The zero-order valence-electron chi connectivity index (χ0n) is 11.3. The van der Waals surface area contributed by atoms with Gasteiger partial charge in [-0.2, -0.15) is 0 Å². The van der Waals surface area contributed by atoms with E-state index in [1.807, 2.05) is 0 Å². The SMILES string of the molecule is COCCNC(=O)CN(C)C(=O)NCCCC(=O)O. The van der Waals surface area contributed by atoms with E-state index < -0.39 is 12.0 Å². The van der Waals surface area contributed by atoms with E-state index in [2.05, 4.69) is 10.6 Å². The van der Waals surface area contributed by atoms with E-state index in [1.165, 1.54) is 19.1 Å². The minimum atomic E-state index is -0.903. The van der Waals surface area contributed by atoms with E-state index >= 15 is 0 Å². The molecule has 0 spiro atoms. The third-order valence-electron chi connectivity index (χ3n) is 2.20. The molecule has 3 N–H and O–H groups in total. The maximum atomic E-state index is 11.5. The molecule has 0 aromatic rings. The summed E-state index contributed by atoms with van der Waals surface area (Å²) in [7, 11) is 3.02. The highest BCUT2D eigenvalue weighted by atomic mass is 16.5. The van der Waals surface area contributed by atoms with Crippen molar-refractivity contribution < 1.29 is 24.2 Å². The zero-order valence-corrected chi connectivity index (χ0v) is 11.3. The average molecular weight is 275 g/mol. The van der Waals surface area contributed by atoms with Gasteiger partial charge in [0.1, 0.15) is 6.54 Å². The first-order chi connectivity index (χ1) is 8.97. The number of hydrogen-bond donors (Lipinski definition) is 3. The van der Waals surface area contributed by atoms with Gasteiger partial charge in [0.25, 0.3) is 0 Å². The minimum absolute atomic E-state index is 0.00149. The topological polar surface area (TPSA) is 108 Å². The molecule has 19 heavy (non-hydrogen) atoms. The van der Waals surface area contributed by atoms with E-state index in [1.54, 1.807) is 0 Å². The van der Waals surface area contributed by atoms with Gasteiger partial charge in [0.15, 0.2) is 0 Å². The molecule has 3 amide bonds. The summed E-state index contributed by atoms with van der Waals surface area (Å²) in [5.74, 6) is -1.18. The number of likely N-dealkylation sites (N-methyl/N-ethyl adjacent to an activating group) is 1. The minimum Gasteiger partial charge on any atom is -0.481 e. The van der Waals surface area contributed by atoms with Crippen LogP contribution in [-0.2, 0) is 14.3 Å². The van der Waals surface area contributed by atoms with Crippen molar-refractivity contribution in [1.29, 1.82) is 0 Å². The van der Waals surface area contributed by atoms with Crippen LogP contribution in [0.2, 0.25) is 0 Å². The second kappa shape index (κ2) is 10.1. The average Bonchev–Trinajstić information content (AvgIpc) is 2.34. The van der Waals surface area contributed by atoms with Crippen molar-refractivity contribution in [3.05, 3.63) is 0 Å². The summed E-state index contributed by atoms with van der Waals surface area (Å²) in [5.41, 5.74) is 0. The van der Waals surface area contributed by atoms with Gasteiger partial charge in [-0.05, 0) is 6.42 Å². The molecule has 0 bridgehead atoms. The fourth-order valence-corrected chi connectivity index (χ4v) is 1.21. The van der Waals surface area contributed by atoms with Crippen LogP contribution in [0.25, 0.3) is 0 Å². The Morgan fingerprint density at radius 2 is 1.89 bits per heavy atom. The summed E-state index contributed by atoms with van der Waals surface area (Å²) < 4.78 is 4.77. The second-order valence-corrected chi connectivity index (χ2v) is 3.93. The number of nitrogens with one attached hydrogen (secondary N) is 2. The van der Waals surface area contributed by atoms with E-state index in [0.717, 1.165) is 0 Å². The number of carbonyl (C=O) groups is 3. The molecule has 0 aromatic carbocycles. The quantitative estimate of drug-likeness (QED) is 0.480. The van der Waals surface area contributed by atoms with Crippen LogP contribution in [0.1, 0.15) is 12.8 Å². The lowest BCUT2D eigenvalue weighted by Crippen LogP contribution is -2.44. The van der Waals surface area contributed by atoms with E-state index in [4.69, 9.17) is 9.84 Å². The molecule has 0 fully saturated rings. The Hall–Kier alpha value is -1.83. The number of rotatable bonds is 9. The second-order valence-electron chi connectivity index (χ2n) is 3.93. The van der Waals surface area contributed by atoms with Crippen LogP contribution in [0.15, 0.2) is 0 Å². The number of nitrogens with zero attached hydrogens (tertiary/aromatic N) is 1. The number of aliphatic carboxylic acids is 1. The molecular formula is C11H21N3O5. The number of carboxylic acid groups (broad SMARTS) is 1. The fourth-order valence-electron chi connectivity index (χ4n) is 1.21. The number of carbonyl (C=O) groups excluding carboxylic acids is 2. The smallest absolute Gasteiger partial charge is 0.317 e. The highest BCUT2D eigenvalue weighted by Crippen LogP contribution is 1.89. The van der Waals surface area contributed by atoms with Crippen molar-refractivity contribution in [1.82, 2.24) is 15.5 Å². The highest BCUT2D eigenvalue weighted by Gasteiger charge is 2.11. The Balaban J connectivity index is 3.74. The maximum absolute atomic E-state index is 11.5. The summed E-state index contributed by atoms with van der Waals surface area (Å²) in [6.45, 7) is 1.01. The number of methoxy groups -OCH3 is 1. The lowest BCUT2D eigenvalue weighted by molar-refractivity contribution is -0.137. The van der Waals surface area contributed by atoms with Gasteiger partial charge in [-0.1, -0.05) is 0 Å². The van der Waals surface area contributed by atoms with Crippen LogP contribution in [0.4, 0.5) is 4.79 Å². The van der Waals surface area contributed by atoms with Crippen molar-refractivity contribution in [2.45, 2.75) is 12.8 Å². The number of urea groups is 1. The first-order valence-electron chi connectivity index (χ1n) is 5.93. The fraction of sp³-hybridized carbons (Fsp3) is 0.727. The van der Waals surface area contributed by atoms with Crippen LogP contribution >= 0.6 is 0 Å². The van der Waals surface area contributed by atoms with Gasteiger partial charge in [-0.15, -0.1) is 0 Å². The molecule has 0 aliphatic carbocycles. The third-order valence-corrected chi connectivity index (χ3v) is 2.20. The number of amides is 3. The number of hydrogen-bond acceptors (Lipinski definition) is 4. The Morgan fingerprint density at radius 1 is 1.21 bits per heavy atom. The molecular weight excluding hydrogens is 254 g/mol. The molecule has 0 aliphatic heterocycles. The summed E-state index contributed by atoms with van der Waals surface area (Å²) in [5, 5.41) is 13.5. The maximum Gasteiger partial charge on any atom is 0.317 e. The van der Waals surface area contributed by atoms with Gasteiger partial charge in [-0.3, -0.25) is 9.59 Å². The van der Waals surface area contributed by atoms with Gasteiger partial charge >= 0.3 is 12.0 Å². The monoisotopic (exact) mass is 275 g/mol. The summed E-state index contributed by atoms with van der Waals surface area (Å²) in [4.78, 5) is 34.4. The summed E-state index contributed by atoms with van der Waals surface area (Å²) in [6, 6.07) is -0.410. The molecule has 0 heterocycles. The number of carboxylic acids is 1. The zero-order chi connectivity index (χ0) is 14.7.